The second-order valence-corrected chi connectivity index (χ2v) is 8.71. The molecule has 2 aromatic carbocycles. The molecule has 9 heteroatoms. The van der Waals surface area contributed by atoms with E-state index in [-0.39, 0.29) is 6.54 Å². The van der Waals surface area contributed by atoms with Crippen LogP contribution in [0.25, 0.3) is 0 Å². The molecule has 0 bridgehead atoms. The van der Waals surface area contributed by atoms with E-state index in [0.717, 1.165) is 59.9 Å². The monoisotopic (exact) mass is 513 g/mol. The summed E-state index contributed by atoms with van der Waals surface area (Å²) < 4.78 is 0.996. The predicted molar refractivity (Wildman–Crippen MR) is 133 cm³/mol. The van der Waals surface area contributed by atoms with Gasteiger partial charge in [0.15, 0.2) is 0 Å². The lowest BCUT2D eigenvalue weighted by Gasteiger charge is -2.31. The molecule has 2 N–H and O–H groups in total. The molecule has 4 rings (SSSR count). The molecule has 0 spiro atoms. The lowest BCUT2D eigenvalue weighted by atomic mass is 10.1. The molecule has 174 valence electrons. The van der Waals surface area contributed by atoms with Crippen molar-refractivity contribution in [2.45, 2.75) is 0 Å². The van der Waals surface area contributed by atoms with Crippen LogP contribution in [-0.2, 0) is 4.79 Å². The Morgan fingerprint density at radius 3 is 2.21 bits per heavy atom. The third kappa shape index (κ3) is 6.34. The highest BCUT2D eigenvalue weighted by Crippen LogP contribution is 2.21. The smallest absolute Gasteiger partial charge is 0.261 e. The second kappa shape index (κ2) is 11.8. The quantitative estimate of drug-likeness (QED) is 0.275. The Labute approximate surface area is 202 Å². The van der Waals surface area contributed by atoms with Gasteiger partial charge in [0.05, 0.1) is 24.2 Å². The number of hydrogen-bond donors (Lipinski definition) is 1. The number of rotatable bonds is 6. The number of halogens is 1. The number of carbonyl (C=O) groups is 3. The van der Waals surface area contributed by atoms with Crippen LogP contribution in [0.2, 0.25) is 0 Å². The molecule has 2 aliphatic heterocycles. The molecule has 0 aliphatic carbocycles. The number of likely N-dealkylation sites (N-methyl/N-ethyl adjacent to an activating group) is 1. The average Bonchev–Trinajstić information content (AvgIpc) is 3.05. The lowest BCUT2D eigenvalue weighted by molar-refractivity contribution is -0.108. The summed E-state index contributed by atoms with van der Waals surface area (Å²) in [6.07, 6.45) is 2.41. The van der Waals surface area contributed by atoms with Crippen molar-refractivity contribution in [3.63, 3.8) is 0 Å². The highest BCUT2D eigenvalue weighted by atomic mass is 79.9. The number of fused-ring (bicyclic) bond motifs is 1. The molecule has 8 nitrogen and oxygen atoms in total. The first-order chi connectivity index (χ1) is 15.9. The van der Waals surface area contributed by atoms with Gasteiger partial charge in [0.25, 0.3) is 11.8 Å². The fraction of sp³-hybridized carbons (Fsp3) is 0.333. The maximum Gasteiger partial charge on any atom is 0.261 e. The summed E-state index contributed by atoms with van der Waals surface area (Å²) in [7, 11) is 2.17. The van der Waals surface area contributed by atoms with Crippen LogP contribution < -0.4 is 5.73 Å². The molecule has 0 radical (unpaired) electrons. The number of anilines is 1. The molecule has 0 atom stereocenters. The van der Waals surface area contributed by atoms with E-state index in [0.29, 0.717) is 17.4 Å². The predicted octanol–water partition coefficient (Wildman–Crippen LogP) is 2.18. The Bertz CT molecular complexity index is 979. The van der Waals surface area contributed by atoms with Gasteiger partial charge in [0, 0.05) is 54.7 Å². The number of benzene rings is 2. The maximum atomic E-state index is 11.5. The largest absolute Gasteiger partial charge is 0.398 e. The SMILES string of the molecule is CN1CCN(CCN=Cc2c(N)cccc2Br)CC1.O=CCN1C(=O)c2ccccc2C1=O. The summed E-state index contributed by atoms with van der Waals surface area (Å²) in [5.74, 6) is -0.782. The van der Waals surface area contributed by atoms with Gasteiger partial charge >= 0.3 is 0 Å². The van der Waals surface area contributed by atoms with Crippen molar-refractivity contribution in [2.24, 2.45) is 4.99 Å². The number of carbonyl (C=O) groups excluding carboxylic acids is 3. The second-order valence-electron chi connectivity index (χ2n) is 7.86. The topological polar surface area (TPSA) is 99.3 Å². The number of imide groups is 1. The Balaban J connectivity index is 0.000000194. The Kier molecular flexibility index (Phi) is 8.87. The number of nitrogen functional groups attached to an aromatic ring is 1. The van der Waals surface area contributed by atoms with Crippen molar-refractivity contribution in [2.75, 3.05) is 58.6 Å². The molecule has 0 unspecified atom stereocenters. The van der Waals surface area contributed by atoms with Crippen molar-refractivity contribution < 1.29 is 14.4 Å². The third-order valence-corrected chi connectivity index (χ3v) is 6.28. The highest BCUT2D eigenvalue weighted by Gasteiger charge is 2.34. The number of aliphatic imine (C=N–C) groups is 1. The fourth-order valence-corrected chi connectivity index (χ4v) is 4.08. The van der Waals surface area contributed by atoms with Gasteiger partial charge in [-0.05, 0) is 31.3 Å². The molecule has 0 aromatic heterocycles. The first-order valence-electron chi connectivity index (χ1n) is 10.8. The molecule has 2 aliphatic rings. The number of amides is 2. The van der Waals surface area contributed by atoms with Crippen molar-refractivity contribution in [3.8, 4) is 0 Å². The minimum Gasteiger partial charge on any atom is -0.398 e. The molecule has 2 heterocycles. The van der Waals surface area contributed by atoms with Crippen molar-refractivity contribution >= 4 is 45.9 Å². The van der Waals surface area contributed by atoms with Crippen LogP contribution in [0.3, 0.4) is 0 Å². The summed E-state index contributed by atoms with van der Waals surface area (Å²) in [5, 5.41) is 0. The number of piperazine rings is 1. The van der Waals surface area contributed by atoms with Crippen molar-refractivity contribution in [1.82, 2.24) is 14.7 Å². The van der Waals surface area contributed by atoms with Crippen LogP contribution >= 0.6 is 15.9 Å². The molecule has 2 amide bonds. The zero-order chi connectivity index (χ0) is 23.8. The van der Waals surface area contributed by atoms with E-state index < -0.39 is 11.8 Å². The van der Waals surface area contributed by atoms with E-state index in [9.17, 15) is 14.4 Å². The highest BCUT2D eigenvalue weighted by molar-refractivity contribution is 9.10. The van der Waals surface area contributed by atoms with Crippen molar-refractivity contribution in [1.29, 1.82) is 0 Å². The molecular formula is C24H28BrN5O3. The molecule has 33 heavy (non-hydrogen) atoms. The number of nitrogens with zero attached hydrogens (tertiary/aromatic N) is 4. The number of nitrogens with two attached hydrogens (primary N) is 1. The van der Waals surface area contributed by atoms with Gasteiger partial charge in [-0.3, -0.25) is 24.4 Å². The van der Waals surface area contributed by atoms with Crippen LogP contribution in [0.5, 0.6) is 0 Å². The Morgan fingerprint density at radius 2 is 1.64 bits per heavy atom. The molecule has 2 aromatic rings. The normalized spacial score (nSPS) is 16.6. The van der Waals surface area contributed by atoms with Gasteiger partial charge in [0.1, 0.15) is 6.29 Å². The minimum absolute atomic E-state index is 0.174. The van der Waals surface area contributed by atoms with Gasteiger partial charge in [-0.25, -0.2) is 0 Å². The standard InChI is InChI=1S/C14H21BrN4.C10H7NO3/c1-18-7-9-19(10-8-18)6-5-17-11-12-13(15)3-2-4-14(12)16;12-6-5-11-9(13)7-3-1-2-4-8(7)10(11)14/h2-4,11H,5-10,16H2,1H3;1-4,6H,5H2. The number of hydrogen-bond acceptors (Lipinski definition) is 7. The maximum absolute atomic E-state index is 11.5. The summed E-state index contributed by atoms with van der Waals surface area (Å²) in [4.78, 5) is 43.6. The Hall–Kier alpha value is -2.88. The van der Waals surface area contributed by atoms with Crippen LogP contribution in [0.4, 0.5) is 5.69 Å². The van der Waals surface area contributed by atoms with Crippen LogP contribution in [0.1, 0.15) is 26.3 Å². The average molecular weight is 514 g/mol. The van der Waals surface area contributed by atoms with E-state index >= 15 is 0 Å². The molecule has 0 saturated carbocycles. The van der Waals surface area contributed by atoms with Gasteiger partial charge in [0.2, 0.25) is 0 Å². The van der Waals surface area contributed by atoms with Gasteiger partial charge in [-0.15, -0.1) is 0 Å². The molecule has 1 fully saturated rings. The van der Waals surface area contributed by atoms with Crippen LogP contribution in [0.15, 0.2) is 51.9 Å². The summed E-state index contributed by atoms with van der Waals surface area (Å²) >= 11 is 3.50. The fourth-order valence-electron chi connectivity index (χ4n) is 3.60. The summed E-state index contributed by atoms with van der Waals surface area (Å²) in [6.45, 7) is 6.26. The number of aldehydes is 1. The van der Waals surface area contributed by atoms with Crippen molar-refractivity contribution in [3.05, 3.63) is 63.6 Å². The molecule has 1 saturated heterocycles. The first-order valence-corrected chi connectivity index (χ1v) is 11.5. The van der Waals surface area contributed by atoms with Gasteiger partial charge in [-0.2, -0.15) is 0 Å². The van der Waals surface area contributed by atoms with Crippen LogP contribution in [-0.4, -0.2) is 91.9 Å². The van der Waals surface area contributed by atoms with Gasteiger partial charge < -0.3 is 15.4 Å². The first kappa shape index (κ1) is 24.8. The Morgan fingerprint density at radius 1 is 1.00 bits per heavy atom. The lowest BCUT2D eigenvalue weighted by Crippen LogP contribution is -2.45. The van der Waals surface area contributed by atoms with E-state index in [4.69, 9.17) is 5.73 Å². The van der Waals surface area contributed by atoms with E-state index in [1.54, 1.807) is 24.3 Å². The van der Waals surface area contributed by atoms with E-state index in [1.165, 1.54) is 0 Å². The van der Waals surface area contributed by atoms with Crippen LogP contribution in [0, 0.1) is 0 Å². The van der Waals surface area contributed by atoms with E-state index in [2.05, 4.69) is 37.8 Å². The summed E-state index contributed by atoms with van der Waals surface area (Å²) in [6, 6.07) is 12.4. The molecular weight excluding hydrogens is 486 g/mol. The third-order valence-electron chi connectivity index (χ3n) is 5.58. The zero-order valence-corrected chi connectivity index (χ0v) is 20.2. The van der Waals surface area contributed by atoms with E-state index in [1.807, 2.05) is 24.4 Å². The summed E-state index contributed by atoms with van der Waals surface area (Å²) in [5.41, 5.74) is 8.41. The zero-order valence-electron chi connectivity index (χ0n) is 18.6. The van der Waals surface area contributed by atoms with Gasteiger partial charge in [-0.1, -0.05) is 34.1 Å². The minimum atomic E-state index is -0.391.